The fourth-order valence-electron chi connectivity index (χ4n) is 2.48. The maximum atomic E-state index is 12.9. The van der Waals surface area contributed by atoms with Gasteiger partial charge in [0.15, 0.2) is 5.11 Å². The first-order valence-electron chi connectivity index (χ1n) is 7.76. The summed E-state index contributed by atoms with van der Waals surface area (Å²) in [4.78, 5) is 37.8. The van der Waals surface area contributed by atoms with E-state index in [2.05, 4.69) is 10.1 Å². The summed E-state index contributed by atoms with van der Waals surface area (Å²) in [5.74, 6) is -1.62. The van der Waals surface area contributed by atoms with Crippen molar-refractivity contribution < 1.29 is 19.1 Å². The second kappa shape index (κ2) is 7.69. The Labute approximate surface area is 165 Å². The smallest absolute Gasteiger partial charge is 0.337 e. The van der Waals surface area contributed by atoms with Crippen LogP contribution in [0.5, 0.6) is 0 Å². The number of benzene rings is 2. The summed E-state index contributed by atoms with van der Waals surface area (Å²) in [5, 5.41) is 3.01. The molecule has 8 heteroatoms. The fourth-order valence-corrected chi connectivity index (χ4v) is 2.89. The van der Waals surface area contributed by atoms with E-state index in [1.165, 1.54) is 18.1 Å². The van der Waals surface area contributed by atoms with Gasteiger partial charge in [0, 0.05) is 5.02 Å². The molecule has 1 aliphatic rings. The molecule has 0 spiro atoms. The standard InChI is InChI=1S/C19H13ClN2O4S/c1-26-18(25)12-4-2-11(3-5-12)10-15-16(23)21-19(27)22(17(15)24)14-8-6-13(20)7-9-14/h2-10H,1H3,(H,21,23,27)/b15-10+. The molecular weight excluding hydrogens is 388 g/mol. The number of carbonyl (C=O) groups excluding carboxylic acids is 3. The van der Waals surface area contributed by atoms with Crippen molar-refractivity contribution in [1.29, 1.82) is 0 Å². The van der Waals surface area contributed by atoms with Gasteiger partial charge >= 0.3 is 5.97 Å². The van der Waals surface area contributed by atoms with Gasteiger partial charge in [-0.3, -0.25) is 19.8 Å². The largest absolute Gasteiger partial charge is 0.465 e. The molecule has 0 aliphatic carbocycles. The number of esters is 1. The SMILES string of the molecule is COC(=O)c1ccc(/C=C2\C(=O)NC(=S)N(c3ccc(Cl)cc3)C2=O)cc1. The summed E-state index contributed by atoms with van der Waals surface area (Å²) in [5.41, 5.74) is 1.35. The minimum absolute atomic E-state index is 0.00879. The lowest BCUT2D eigenvalue weighted by molar-refractivity contribution is -0.122. The summed E-state index contributed by atoms with van der Waals surface area (Å²) in [6.45, 7) is 0. The van der Waals surface area contributed by atoms with E-state index in [0.717, 1.165) is 0 Å². The third kappa shape index (κ3) is 3.89. The molecule has 1 aliphatic heterocycles. The van der Waals surface area contributed by atoms with E-state index in [0.29, 0.717) is 21.8 Å². The van der Waals surface area contributed by atoms with Gasteiger partial charge in [-0.25, -0.2) is 4.79 Å². The van der Waals surface area contributed by atoms with Crippen LogP contribution in [0.3, 0.4) is 0 Å². The molecule has 2 amide bonds. The third-order valence-electron chi connectivity index (χ3n) is 3.83. The van der Waals surface area contributed by atoms with Gasteiger partial charge < -0.3 is 4.74 Å². The van der Waals surface area contributed by atoms with Gasteiger partial charge in [0.25, 0.3) is 11.8 Å². The van der Waals surface area contributed by atoms with Crippen LogP contribution in [0.1, 0.15) is 15.9 Å². The molecule has 2 aromatic carbocycles. The Morgan fingerprint density at radius 2 is 1.74 bits per heavy atom. The maximum Gasteiger partial charge on any atom is 0.337 e. The van der Waals surface area contributed by atoms with Crippen LogP contribution in [-0.2, 0) is 14.3 Å². The van der Waals surface area contributed by atoms with Crippen LogP contribution in [0.25, 0.3) is 6.08 Å². The van der Waals surface area contributed by atoms with Gasteiger partial charge in [-0.15, -0.1) is 0 Å². The molecule has 1 saturated heterocycles. The van der Waals surface area contributed by atoms with Crippen molar-refractivity contribution in [3.8, 4) is 0 Å². The zero-order valence-corrected chi connectivity index (χ0v) is 15.6. The lowest BCUT2D eigenvalue weighted by atomic mass is 10.1. The Morgan fingerprint density at radius 1 is 1.11 bits per heavy atom. The summed E-state index contributed by atoms with van der Waals surface area (Å²) in [7, 11) is 1.29. The molecule has 3 rings (SSSR count). The molecule has 0 aromatic heterocycles. The Hall–Kier alpha value is -3.03. The molecule has 6 nitrogen and oxygen atoms in total. The normalized spacial score (nSPS) is 15.7. The van der Waals surface area contributed by atoms with Crippen molar-refractivity contribution in [2.75, 3.05) is 12.0 Å². The quantitative estimate of drug-likeness (QED) is 0.371. The van der Waals surface area contributed by atoms with Crippen LogP contribution in [0.2, 0.25) is 5.02 Å². The van der Waals surface area contributed by atoms with Crippen molar-refractivity contribution in [2.45, 2.75) is 0 Å². The molecule has 0 atom stereocenters. The number of halogens is 1. The molecule has 0 bridgehead atoms. The first kappa shape index (κ1) is 18.8. The number of hydrogen-bond acceptors (Lipinski definition) is 5. The van der Waals surface area contributed by atoms with E-state index in [4.69, 9.17) is 23.8 Å². The fraction of sp³-hybridized carbons (Fsp3) is 0.0526. The van der Waals surface area contributed by atoms with E-state index in [-0.39, 0.29) is 10.7 Å². The monoisotopic (exact) mass is 400 g/mol. The first-order valence-corrected chi connectivity index (χ1v) is 8.54. The van der Waals surface area contributed by atoms with Gasteiger partial charge in [0.2, 0.25) is 0 Å². The van der Waals surface area contributed by atoms with Gasteiger partial charge in [-0.2, -0.15) is 0 Å². The Balaban J connectivity index is 1.94. The van der Waals surface area contributed by atoms with Gasteiger partial charge in [-0.05, 0) is 60.3 Å². The van der Waals surface area contributed by atoms with Crippen molar-refractivity contribution in [2.24, 2.45) is 0 Å². The minimum atomic E-state index is -0.591. The number of hydrogen-bond donors (Lipinski definition) is 1. The number of thiocarbonyl (C=S) groups is 1. The van der Waals surface area contributed by atoms with Crippen LogP contribution in [0.4, 0.5) is 5.69 Å². The molecule has 136 valence electrons. The molecule has 1 N–H and O–H groups in total. The molecule has 2 aromatic rings. The number of carbonyl (C=O) groups is 3. The molecule has 27 heavy (non-hydrogen) atoms. The van der Waals surface area contributed by atoms with Crippen molar-refractivity contribution >= 4 is 58.5 Å². The number of methoxy groups -OCH3 is 1. The third-order valence-corrected chi connectivity index (χ3v) is 4.37. The zero-order valence-electron chi connectivity index (χ0n) is 14.1. The summed E-state index contributed by atoms with van der Waals surface area (Å²) in [6, 6.07) is 12.8. The van der Waals surface area contributed by atoms with E-state index < -0.39 is 17.8 Å². The minimum Gasteiger partial charge on any atom is -0.465 e. The zero-order chi connectivity index (χ0) is 19.6. The lowest BCUT2D eigenvalue weighted by Crippen LogP contribution is -2.54. The van der Waals surface area contributed by atoms with Crippen LogP contribution >= 0.6 is 23.8 Å². The number of anilines is 1. The number of amides is 2. The molecule has 1 heterocycles. The van der Waals surface area contributed by atoms with Crippen LogP contribution in [-0.4, -0.2) is 30.0 Å². The maximum absolute atomic E-state index is 12.9. The van der Waals surface area contributed by atoms with E-state index in [1.54, 1.807) is 48.5 Å². The van der Waals surface area contributed by atoms with Crippen molar-refractivity contribution in [3.05, 3.63) is 70.3 Å². The first-order chi connectivity index (χ1) is 12.9. The molecule has 0 saturated carbocycles. The number of ether oxygens (including phenoxy) is 1. The van der Waals surface area contributed by atoms with Gasteiger partial charge in [0.05, 0.1) is 18.4 Å². The number of rotatable bonds is 3. The molecule has 0 unspecified atom stereocenters. The highest BCUT2D eigenvalue weighted by atomic mass is 35.5. The van der Waals surface area contributed by atoms with Gasteiger partial charge in [-0.1, -0.05) is 23.7 Å². The summed E-state index contributed by atoms with van der Waals surface area (Å²) < 4.78 is 4.64. The van der Waals surface area contributed by atoms with E-state index >= 15 is 0 Å². The average Bonchev–Trinajstić information content (AvgIpc) is 2.66. The average molecular weight is 401 g/mol. The Bertz CT molecular complexity index is 968. The number of nitrogens with zero attached hydrogens (tertiary/aromatic N) is 1. The summed E-state index contributed by atoms with van der Waals surface area (Å²) in [6.07, 6.45) is 1.43. The Kier molecular flexibility index (Phi) is 5.34. The molecular formula is C19H13ClN2O4S. The van der Waals surface area contributed by atoms with Gasteiger partial charge in [0.1, 0.15) is 5.57 Å². The lowest BCUT2D eigenvalue weighted by Gasteiger charge is -2.28. The second-order valence-electron chi connectivity index (χ2n) is 5.55. The highest BCUT2D eigenvalue weighted by molar-refractivity contribution is 7.80. The van der Waals surface area contributed by atoms with E-state index in [9.17, 15) is 14.4 Å². The highest BCUT2D eigenvalue weighted by Crippen LogP contribution is 2.23. The van der Waals surface area contributed by atoms with Crippen LogP contribution in [0.15, 0.2) is 54.1 Å². The predicted octanol–water partition coefficient (Wildman–Crippen LogP) is 2.96. The summed E-state index contributed by atoms with van der Waals surface area (Å²) >= 11 is 11.0. The number of nitrogens with one attached hydrogen (secondary N) is 1. The van der Waals surface area contributed by atoms with Crippen LogP contribution in [0, 0.1) is 0 Å². The van der Waals surface area contributed by atoms with Crippen LogP contribution < -0.4 is 10.2 Å². The highest BCUT2D eigenvalue weighted by Gasteiger charge is 2.34. The predicted molar refractivity (Wildman–Crippen MR) is 105 cm³/mol. The molecule has 1 fully saturated rings. The van der Waals surface area contributed by atoms with Crippen molar-refractivity contribution in [3.63, 3.8) is 0 Å². The Morgan fingerprint density at radius 3 is 2.33 bits per heavy atom. The molecule has 0 radical (unpaired) electrons. The second-order valence-corrected chi connectivity index (χ2v) is 6.37. The topological polar surface area (TPSA) is 75.7 Å². The van der Waals surface area contributed by atoms with E-state index in [1.807, 2.05) is 0 Å². The van der Waals surface area contributed by atoms with Crippen molar-refractivity contribution in [1.82, 2.24) is 5.32 Å².